The van der Waals surface area contributed by atoms with Crippen LogP contribution in [0.3, 0.4) is 0 Å². The summed E-state index contributed by atoms with van der Waals surface area (Å²) < 4.78 is 0. The van der Waals surface area contributed by atoms with Crippen molar-refractivity contribution < 1.29 is 0 Å². The Morgan fingerprint density at radius 2 is 2.21 bits per heavy atom. The molecule has 0 unspecified atom stereocenters. The Balaban J connectivity index is 1.80. The molecular weight excluding hydrogens is 194 g/mol. The largest absolute Gasteiger partial charge is 0.361 e. The number of hydrogen-bond donors (Lipinski definition) is 2. The van der Waals surface area contributed by atoms with Crippen LogP contribution in [-0.2, 0) is 0 Å². The maximum absolute atomic E-state index is 5.73. The molecule has 1 aliphatic rings. The van der Waals surface area contributed by atoms with Crippen LogP contribution in [0.25, 0.3) is 0 Å². The topological polar surface area (TPSA) is 50.9 Å². The van der Waals surface area contributed by atoms with Crippen molar-refractivity contribution in [3.63, 3.8) is 0 Å². The molecule has 1 aliphatic carbocycles. The lowest BCUT2D eigenvalue weighted by Gasteiger charge is -2.32. The Hall–Kier alpha value is -0.610. The van der Waals surface area contributed by atoms with Crippen LogP contribution in [-0.4, -0.2) is 17.6 Å². The zero-order chi connectivity index (χ0) is 10.1. The molecule has 2 rings (SSSR count). The molecule has 1 aromatic heterocycles. The van der Waals surface area contributed by atoms with Crippen molar-refractivity contribution in [3.05, 3.63) is 10.6 Å². The summed E-state index contributed by atoms with van der Waals surface area (Å²) >= 11 is 1.74. The first-order valence-corrected chi connectivity index (χ1v) is 5.90. The Bertz CT molecular complexity index is 296. The number of hydrogen-bond acceptors (Lipinski definition) is 4. The van der Waals surface area contributed by atoms with Gasteiger partial charge < -0.3 is 11.1 Å². The van der Waals surface area contributed by atoms with Crippen molar-refractivity contribution in [2.75, 3.05) is 11.9 Å². The number of nitrogens with two attached hydrogens (primary N) is 1. The summed E-state index contributed by atoms with van der Waals surface area (Å²) in [4.78, 5) is 5.74. The molecule has 3 N–H and O–H groups in total. The first kappa shape index (κ1) is 9.93. The molecule has 0 radical (unpaired) electrons. The predicted molar refractivity (Wildman–Crippen MR) is 60.8 cm³/mol. The minimum atomic E-state index is 0.446. The lowest BCUT2D eigenvalue weighted by molar-refractivity contribution is 0.280. The molecule has 0 atom stereocenters. The molecule has 1 fully saturated rings. The van der Waals surface area contributed by atoms with E-state index in [9.17, 15) is 0 Å². The fourth-order valence-corrected chi connectivity index (χ4v) is 2.56. The van der Waals surface area contributed by atoms with Gasteiger partial charge in [-0.3, -0.25) is 0 Å². The quantitative estimate of drug-likeness (QED) is 0.803. The second-order valence-electron chi connectivity index (χ2n) is 4.14. The monoisotopic (exact) mass is 211 g/mol. The number of aromatic nitrogens is 1. The summed E-state index contributed by atoms with van der Waals surface area (Å²) in [6.07, 6.45) is 2.33. The van der Waals surface area contributed by atoms with E-state index in [1.807, 2.05) is 0 Å². The summed E-state index contributed by atoms with van der Waals surface area (Å²) in [6.45, 7) is 5.19. The van der Waals surface area contributed by atoms with E-state index in [0.717, 1.165) is 36.1 Å². The van der Waals surface area contributed by atoms with Gasteiger partial charge in [-0.25, -0.2) is 4.98 Å². The normalized spacial score (nSPS) is 25.9. The highest BCUT2D eigenvalue weighted by Crippen LogP contribution is 2.27. The minimum Gasteiger partial charge on any atom is -0.361 e. The molecule has 14 heavy (non-hydrogen) atoms. The second kappa shape index (κ2) is 3.87. The van der Waals surface area contributed by atoms with Gasteiger partial charge in [0.1, 0.15) is 0 Å². The van der Waals surface area contributed by atoms with Crippen LogP contribution in [0.2, 0.25) is 0 Å². The SMILES string of the molecule is Cc1nc(NCC2CC(N)C2)sc1C. The van der Waals surface area contributed by atoms with Gasteiger partial charge >= 0.3 is 0 Å². The molecule has 0 saturated heterocycles. The molecular formula is C10H17N3S. The van der Waals surface area contributed by atoms with Crippen molar-refractivity contribution in [2.45, 2.75) is 32.7 Å². The molecule has 3 nitrogen and oxygen atoms in total. The van der Waals surface area contributed by atoms with Crippen molar-refractivity contribution in [2.24, 2.45) is 11.7 Å². The molecule has 0 spiro atoms. The average Bonchev–Trinajstić information content (AvgIpc) is 2.39. The highest BCUT2D eigenvalue weighted by molar-refractivity contribution is 7.15. The number of nitrogens with one attached hydrogen (secondary N) is 1. The van der Waals surface area contributed by atoms with Gasteiger partial charge in [-0.15, -0.1) is 11.3 Å². The number of thiazole rings is 1. The Morgan fingerprint density at radius 3 is 2.71 bits per heavy atom. The van der Waals surface area contributed by atoms with Gasteiger partial charge in [0.05, 0.1) is 5.69 Å². The average molecular weight is 211 g/mol. The fourth-order valence-electron chi connectivity index (χ4n) is 1.73. The molecule has 4 heteroatoms. The summed E-state index contributed by atoms with van der Waals surface area (Å²) in [5.41, 5.74) is 6.87. The van der Waals surface area contributed by atoms with Gasteiger partial charge in [-0.1, -0.05) is 0 Å². The molecule has 0 amide bonds. The van der Waals surface area contributed by atoms with E-state index in [1.165, 1.54) is 4.88 Å². The van der Waals surface area contributed by atoms with Crippen LogP contribution < -0.4 is 11.1 Å². The van der Waals surface area contributed by atoms with Crippen molar-refractivity contribution in [3.8, 4) is 0 Å². The van der Waals surface area contributed by atoms with Crippen LogP contribution in [0.4, 0.5) is 5.13 Å². The van der Waals surface area contributed by atoms with Crippen molar-refractivity contribution >= 4 is 16.5 Å². The smallest absolute Gasteiger partial charge is 0.183 e. The van der Waals surface area contributed by atoms with E-state index in [-0.39, 0.29) is 0 Å². The van der Waals surface area contributed by atoms with Gasteiger partial charge in [0.2, 0.25) is 0 Å². The number of nitrogens with zero attached hydrogens (tertiary/aromatic N) is 1. The van der Waals surface area contributed by atoms with E-state index in [1.54, 1.807) is 11.3 Å². The van der Waals surface area contributed by atoms with Gasteiger partial charge in [0.15, 0.2) is 5.13 Å². The fraction of sp³-hybridized carbons (Fsp3) is 0.700. The van der Waals surface area contributed by atoms with Gasteiger partial charge in [-0.2, -0.15) is 0 Å². The van der Waals surface area contributed by atoms with Crippen molar-refractivity contribution in [1.82, 2.24) is 4.98 Å². The minimum absolute atomic E-state index is 0.446. The van der Waals surface area contributed by atoms with Gasteiger partial charge in [-0.05, 0) is 32.6 Å². The Morgan fingerprint density at radius 1 is 1.50 bits per heavy atom. The third-order valence-corrected chi connectivity index (χ3v) is 3.87. The second-order valence-corrected chi connectivity index (χ2v) is 5.34. The maximum Gasteiger partial charge on any atom is 0.183 e. The number of aryl methyl sites for hydroxylation is 2. The first-order valence-electron chi connectivity index (χ1n) is 5.08. The Kier molecular flexibility index (Phi) is 2.74. The maximum atomic E-state index is 5.73. The van der Waals surface area contributed by atoms with Crippen molar-refractivity contribution in [1.29, 1.82) is 0 Å². The lowest BCUT2D eigenvalue weighted by atomic mass is 9.81. The van der Waals surface area contributed by atoms with E-state index < -0.39 is 0 Å². The third kappa shape index (κ3) is 2.07. The van der Waals surface area contributed by atoms with Crippen LogP contribution in [0.5, 0.6) is 0 Å². The Labute approximate surface area is 88.7 Å². The molecule has 1 aromatic rings. The molecule has 78 valence electrons. The molecule has 0 aromatic carbocycles. The summed E-state index contributed by atoms with van der Waals surface area (Å²) in [5.74, 6) is 0.759. The van der Waals surface area contributed by atoms with E-state index in [2.05, 4.69) is 24.1 Å². The molecule has 0 bridgehead atoms. The zero-order valence-electron chi connectivity index (χ0n) is 8.71. The summed E-state index contributed by atoms with van der Waals surface area (Å²) in [7, 11) is 0. The summed E-state index contributed by atoms with van der Waals surface area (Å²) in [5, 5.41) is 4.44. The third-order valence-electron chi connectivity index (χ3n) is 2.84. The van der Waals surface area contributed by atoms with E-state index >= 15 is 0 Å². The van der Waals surface area contributed by atoms with Crippen LogP contribution >= 0.6 is 11.3 Å². The standard InChI is InChI=1S/C10H17N3S/c1-6-7(2)14-10(13-6)12-5-8-3-9(11)4-8/h8-9H,3-5,11H2,1-2H3,(H,12,13). The highest BCUT2D eigenvalue weighted by Gasteiger charge is 2.25. The summed E-state index contributed by atoms with van der Waals surface area (Å²) in [6, 6.07) is 0.446. The van der Waals surface area contributed by atoms with Crippen LogP contribution in [0.15, 0.2) is 0 Å². The van der Waals surface area contributed by atoms with Crippen LogP contribution in [0, 0.1) is 19.8 Å². The van der Waals surface area contributed by atoms with E-state index in [0.29, 0.717) is 6.04 Å². The molecule has 1 saturated carbocycles. The molecule has 0 aliphatic heterocycles. The highest BCUT2D eigenvalue weighted by atomic mass is 32.1. The number of anilines is 1. The van der Waals surface area contributed by atoms with Gasteiger partial charge in [0.25, 0.3) is 0 Å². The number of rotatable bonds is 3. The van der Waals surface area contributed by atoms with E-state index in [4.69, 9.17) is 5.73 Å². The predicted octanol–water partition coefficient (Wildman–Crippen LogP) is 1.91. The van der Waals surface area contributed by atoms with Crippen LogP contribution in [0.1, 0.15) is 23.4 Å². The first-order chi connectivity index (χ1) is 6.65. The molecule has 1 heterocycles. The lowest BCUT2D eigenvalue weighted by Crippen LogP contribution is -2.39. The zero-order valence-corrected chi connectivity index (χ0v) is 9.53. The van der Waals surface area contributed by atoms with Gasteiger partial charge in [0, 0.05) is 17.5 Å².